The molecule has 7 heteroatoms. The molecule has 0 aromatic heterocycles. The summed E-state index contributed by atoms with van der Waals surface area (Å²) in [5, 5.41) is 12.0. The Morgan fingerprint density at radius 3 is 2.15 bits per heavy atom. The highest BCUT2D eigenvalue weighted by Crippen LogP contribution is 2.29. The van der Waals surface area contributed by atoms with Gasteiger partial charge in [0, 0.05) is 10.5 Å². The highest BCUT2D eigenvalue weighted by molar-refractivity contribution is 7.98. The fourth-order valence-electron chi connectivity index (χ4n) is 2.77. The van der Waals surface area contributed by atoms with E-state index in [-0.39, 0.29) is 18.7 Å². The molecule has 0 aliphatic heterocycles. The maximum atomic E-state index is 12.6. The number of hydrogen-bond acceptors (Lipinski definition) is 5. The summed E-state index contributed by atoms with van der Waals surface area (Å²) in [7, 11) is 3.05. The van der Waals surface area contributed by atoms with Gasteiger partial charge in [0.25, 0.3) is 0 Å². The molecule has 2 rings (SSSR count). The molecule has 1 atom stereocenters. The normalized spacial score (nSPS) is 11.5. The summed E-state index contributed by atoms with van der Waals surface area (Å²) >= 11 is 1.60. The first-order valence-electron chi connectivity index (χ1n) is 8.33. The van der Waals surface area contributed by atoms with Gasteiger partial charge >= 0.3 is 5.97 Å². The van der Waals surface area contributed by atoms with E-state index in [1.165, 1.54) is 14.2 Å². The number of carbonyl (C=O) groups is 2. The van der Waals surface area contributed by atoms with E-state index in [1.807, 2.05) is 30.5 Å². The lowest BCUT2D eigenvalue weighted by Crippen LogP contribution is -2.31. The standard InChI is InChI=1S/C20H23NO5S/c1-25-17-5-4-6-18(26-2)15(17)11-19(22)21-16(12-20(23)24)13-7-9-14(27-3)10-8-13/h4-10,16H,11-12H2,1-3H3,(H,21,22)(H,23,24). The fraction of sp³-hybridized carbons (Fsp3) is 0.300. The molecule has 0 heterocycles. The van der Waals surface area contributed by atoms with Gasteiger partial charge in [0.2, 0.25) is 5.91 Å². The fourth-order valence-corrected chi connectivity index (χ4v) is 3.18. The van der Waals surface area contributed by atoms with Gasteiger partial charge in [-0.05, 0) is 36.1 Å². The number of ether oxygens (including phenoxy) is 2. The summed E-state index contributed by atoms with van der Waals surface area (Å²) in [6.07, 6.45) is 1.78. The van der Waals surface area contributed by atoms with Gasteiger partial charge in [0.1, 0.15) is 11.5 Å². The van der Waals surface area contributed by atoms with Gasteiger partial charge in [0.15, 0.2) is 0 Å². The molecule has 0 aliphatic carbocycles. The summed E-state index contributed by atoms with van der Waals surface area (Å²) < 4.78 is 10.6. The van der Waals surface area contributed by atoms with Crippen molar-refractivity contribution < 1.29 is 24.2 Å². The molecule has 2 aromatic rings. The zero-order valence-electron chi connectivity index (χ0n) is 15.5. The van der Waals surface area contributed by atoms with Crippen molar-refractivity contribution in [1.29, 1.82) is 0 Å². The van der Waals surface area contributed by atoms with Gasteiger partial charge in [-0.1, -0.05) is 18.2 Å². The Hall–Kier alpha value is -2.67. The minimum absolute atomic E-state index is 0.0200. The number of amides is 1. The lowest BCUT2D eigenvalue weighted by molar-refractivity contribution is -0.137. The van der Waals surface area contributed by atoms with E-state index in [0.29, 0.717) is 17.1 Å². The van der Waals surface area contributed by atoms with Gasteiger partial charge in [-0.3, -0.25) is 9.59 Å². The van der Waals surface area contributed by atoms with Crippen LogP contribution in [0, 0.1) is 0 Å². The Morgan fingerprint density at radius 2 is 1.67 bits per heavy atom. The Bertz CT molecular complexity index is 769. The van der Waals surface area contributed by atoms with Crippen molar-refractivity contribution in [3.63, 3.8) is 0 Å². The second kappa shape index (κ2) is 9.87. The Labute approximate surface area is 162 Å². The third-order valence-electron chi connectivity index (χ3n) is 4.10. The lowest BCUT2D eigenvalue weighted by atomic mass is 10.0. The van der Waals surface area contributed by atoms with Gasteiger partial charge in [-0.25, -0.2) is 0 Å². The third-order valence-corrected chi connectivity index (χ3v) is 4.84. The number of methoxy groups -OCH3 is 2. The molecule has 144 valence electrons. The SMILES string of the molecule is COc1cccc(OC)c1CC(=O)NC(CC(=O)O)c1ccc(SC)cc1. The summed E-state index contributed by atoms with van der Waals surface area (Å²) in [6.45, 7) is 0. The van der Waals surface area contributed by atoms with Gasteiger partial charge in [-0.15, -0.1) is 11.8 Å². The van der Waals surface area contributed by atoms with Crippen LogP contribution in [0.2, 0.25) is 0 Å². The molecule has 0 fully saturated rings. The van der Waals surface area contributed by atoms with Crippen LogP contribution in [-0.2, 0) is 16.0 Å². The number of thioether (sulfide) groups is 1. The minimum Gasteiger partial charge on any atom is -0.496 e. The number of rotatable bonds is 9. The largest absolute Gasteiger partial charge is 0.496 e. The van der Waals surface area contributed by atoms with Crippen molar-refractivity contribution >= 4 is 23.6 Å². The Balaban J connectivity index is 2.20. The van der Waals surface area contributed by atoms with Crippen LogP contribution in [0.3, 0.4) is 0 Å². The average molecular weight is 389 g/mol. The number of nitrogens with one attached hydrogen (secondary N) is 1. The zero-order chi connectivity index (χ0) is 19.8. The molecule has 2 aromatic carbocycles. The Kier molecular flexibility index (Phi) is 7.55. The van der Waals surface area contributed by atoms with Crippen molar-refractivity contribution in [3.05, 3.63) is 53.6 Å². The van der Waals surface area contributed by atoms with E-state index in [9.17, 15) is 14.7 Å². The first-order valence-corrected chi connectivity index (χ1v) is 9.56. The number of hydrogen-bond donors (Lipinski definition) is 2. The predicted octanol–water partition coefficient (Wildman–Crippen LogP) is 3.30. The molecule has 1 unspecified atom stereocenters. The number of aliphatic carboxylic acids is 1. The van der Waals surface area contributed by atoms with Crippen LogP contribution in [0.4, 0.5) is 0 Å². The van der Waals surface area contributed by atoms with Crippen molar-refractivity contribution in [1.82, 2.24) is 5.32 Å². The Morgan fingerprint density at radius 1 is 1.07 bits per heavy atom. The second-order valence-electron chi connectivity index (χ2n) is 5.81. The monoisotopic (exact) mass is 389 g/mol. The lowest BCUT2D eigenvalue weighted by Gasteiger charge is -2.19. The number of benzene rings is 2. The minimum atomic E-state index is -0.982. The highest BCUT2D eigenvalue weighted by atomic mass is 32.2. The molecular weight excluding hydrogens is 366 g/mol. The van der Waals surface area contributed by atoms with Gasteiger partial charge in [0.05, 0.1) is 33.1 Å². The molecule has 27 heavy (non-hydrogen) atoms. The highest BCUT2D eigenvalue weighted by Gasteiger charge is 2.20. The van der Waals surface area contributed by atoms with E-state index >= 15 is 0 Å². The smallest absolute Gasteiger partial charge is 0.305 e. The molecule has 0 saturated heterocycles. The van der Waals surface area contributed by atoms with Crippen molar-refractivity contribution in [2.45, 2.75) is 23.8 Å². The van der Waals surface area contributed by atoms with E-state index in [1.54, 1.807) is 30.0 Å². The molecule has 2 N–H and O–H groups in total. The van der Waals surface area contributed by atoms with Crippen molar-refractivity contribution in [2.75, 3.05) is 20.5 Å². The van der Waals surface area contributed by atoms with Crippen LogP contribution in [0.5, 0.6) is 11.5 Å². The zero-order valence-corrected chi connectivity index (χ0v) is 16.3. The first-order chi connectivity index (χ1) is 13.0. The number of carboxylic acids is 1. The van der Waals surface area contributed by atoms with Crippen LogP contribution in [0.25, 0.3) is 0 Å². The van der Waals surface area contributed by atoms with Crippen molar-refractivity contribution in [2.24, 2.45) is 0 Å². The molecule has 6 nitrogen and oxygen atoms in total. The molecule has 0 saturated carbocycles. The molecular formula is C20H23NO5S. The van der Waals surface area contributed by atoms with Crippen LogP contribution in [0.15, 0.2) is 47.4 Å². The van der Waals surface area contributed by atoms with Crippen LogP contribution < -0.4 is 14.8 Å². The summed E-state index contributed by atoms with van der Waals surface area (Å²) in [4.78, 5) is 24.9. The van der Waals surface area contributed by atoms with Gasteiger partial charge < -0.3 is 19.9 Å². The number of carbonyl (C=O) groups excluding carboxylic acids is 1. The van der Waals surface area contributed by atoms with Crippen molar-refractivity contribution in [3.8, 4) is 11.5 Å². The predicted molar refractivity (Wildman–Crippen MR) is 105 cm³/mol. The maximum absolute atomic E-state index is 12.6. The summed E-state index contributed by atoms with van der Waals surface area (Å²) in [5.41, 5.74) is 1.36. The third kappa shape index (κ3) is 5.65. The van der Waals surface area contributed by atoms with E-state index in [0.717, 1.165) is 10.5 Å². The molecule has 0 aliphatic rings. The van der Waals surface area contributed by atoms with Crippen LogP contribution in [0.1, 0.15) is 23.6 Å². The van der Waals surface area contributed by atoms with Crippen LogP contribution in [-0.4, -0.2) is 37.5 Å². The molecule has 0 spiro atoms. The molecule has 0 bridgehead atoms. The second-order valence-corrected chi connectivity index (χ2v) is 6.69. The number of carboxylic acid groups (broad SMARTS) is 1. The quantitative estimate of drug-likeness (QED) is 0.640. The maximum Gasteiger partial charge on any atom is 0.305 e. The average Bonchev–Trinajstić information content (AvgIpc) is 2.67. The van der Waals surface area contributed by atoms with Crippen LogP contribution >= 0.6 is 11.8 Å². The van der Waals surface area contributed by atoms with E-state index in [4.69, 9.17) is 9.47 Å². The van der Waals surface area contributed by atoms with E-state index < -0.39 is 12.0 Å². The molecule has 0 radical (unpaired) electrons. The van der Waals surface area contributed by atoms with E-state index in [2.05, 4.69) is 5.32 Å². The molecule has 1 amide bonds. The summed E-state index contributed by atoms with van der Waals surface area (Å²) in [6, 6.07) is 12.1. The topological polar surface area (TPSA) is 84.9 Å². The first kappa shape index (κ1) is 20.6. The van der Waals surface area contributed by atoms with Gasteiger partial charge in [-0.2, -0.15) is 0 Å². The summed E-state index contributed by atoms with van der Waals surface area (Å²) in [5.74, 6) is -0.200.